The molecule has 0 aliphatic carbocycles. The maximum atomic E-state index is 6.52. The SMILES string of the molecule is CCc1nn(Cc2ccccc2)c(CC)c1C(Cl)CC. The number of aryl methyl sites for hydroxylation is 1. The van der Waals surface area contributed by atoms with Crippen LogP contribution < -0.4 is 0 Å². The number of hydrogen-bond donors (Lipinski definition) is 0. The Morgan fingerprint density at radius 2 is 1.80 bits per heavy atom. The van der Waals surface area contributed by atoms with Gasteiger partial charge in [-0.2, -0.15) is 5.10 Å². The lowest BCUT2D eigenvalue weighted by atomic mass is 10.0. The topological polar surface area (TPSA) is 17.8 Å². The van der Waals surface area contributed by atoms with E-state index in [4.69, 9.17) is 16.7 Å². The molecule has 3 heteroatoms. The molecular weight excluding hydrogens is 268 g/mol. The van der Waals surface area contributed by atoms with Crippen molar-refractivity contribution in [3.05, 3.63) is 52.8 Å². The van der Waals surface area contributed by atoms with E-state index in [9.17, 15) is 0 Å². The first-order valence-corrected chi connectivity index (χ1v) is 7.91. The van der Waals surface area contributed by atoms with Crippen LogP contribution in [0.2, 0.25) is 0 Å². The molecule has 0 amide bonds. The van der Waals surface area contributed by atoms with Gasteiger partial charge in [-0.05, 0) is 24.8 Å². The molecule has 0 N–H and O–H groups in total. The van der Waals surface area contributed by atoms with Crippen LogP contribution in [0.3, 0.4) is 0 Å². The molecule has 2 nitrogen and oxygen atoms in total. The number of alkyl halides is 1. The highest BCUT2D eigenvalue weighted by atomic mass is 35.5. The van der Waals surface area contributed by atoms with Gasteiger partial charge in [-0.1, -0.05) is 51.1 Å². The third-order valence-electron chi connectivity index (χ3n) is 3.69. The molecule has 1 heterocycles. The second-order valence-electron chi connectivity index (χ2n) is 5.03. The van der Waals surface area contributed by atoms with Crippen LogP contribution in [0.5, 0.6) is 0 Å². The lowest BCUT2D eigenvalue weighted by Crippen LogP contribution is -2.07. The zero-order valence-electron chi connectivity index (χ0n) is 12.6. The van der Waals surface area contributed by atoms with Crippen LogP contribution in [0.15, 0.2) is 30.3 Å². The number of nitrogens with zero attached hydrogens (tertiary/aromatic N) is 2. The smallest absolute Gasteiger partial charge is 0.0671 e. The Bertz CT molecular complexity index is 546. The number of aromatic nitrogens is 2. The summed E-state index contributed by atoms with van der Waals surface area (Å²) in [6.45, 7) is 7.29. The van der Waals surface area contributed by atoms with E-state index in [-0.39, 0.29) is 5.38 Å². The van der Waals surface area contributed by atoms with Crippen molar-refractivity contribution in [3.8, 4) is 0 Å². The van der Waals surface area contributed by atoms with Crippen LogP contribution in [0, 0.1) is 0 Å². The Morgan fingerprint density at radius 3 is 2.35 bits per heavy atom. The van der Waals surface area contributed by atoms with Gasteiger partial charge >= 0.3 is 0 Å². The van der Waals surface area contributed by atoms with E-state index in [1.165, 1.54) is 16.8 Å². The van der Waals surface area contributed by atoms with E-state index in [1.807, 2.05) is 6.07 Å². The van der Waals surface area contributed by atoms with E-state index < -0.39 is 0 Å². The minimum Gasteiger partial charge on any atom is -0.265 e. The summed E-state index contributed by atoms with van der Waals surface area (Å²) in [6.07, 6.45) is 2.85. The molecule has 108 valence electrons. The summed E-state index contributed by atoms with van der Waals surface area (Å²) in [7, 11) is 0. The second kappa shape index (κ2) is 6.94. The van der Waals surface area contributed by atoms with Crippen molar-refractivity contribution in [2.24, 2.45) is 0 Å². The normalized spacial score (nSPS) is 12.6. The van der Waals surface area contributed by atoms with Gasteiger partial charge in [0.05, 0.1) is 17.6 Å². The molecule has 1 atom stereocenters. The zero-order valence-corrected chi connectivity index (χ0v) is 13.3. The molecule has 0 saturated carbocycles. The van der Waals surface area contributed by atoms with Crippen molar-refractivity contribution in [1.29, 1.82) is 0 Å². The van der Waals surface area contributed by atoms with Gasteiger partial charge in [-0.15, -0.1) is 11.6 Å². The highest BCUT2D eigenvalue weighted by Crippen LogP contribution is 2.31. The van der Waals surface area contributed by atoms with Crippen molar-refractivity contribution in [2.45, 2.75) is 52.0 Å². The van der Waals surface area contributed by atoms with E-state index in [2.05, 4.69) is 49.7 Å². The Balaban J connectivity index is 2.40. The molecule has 0 fully saturated rings. The molecule has 1 unspecified atom stereocenters. The van der Waals surface area contributed by atoms with Crippen LogP contribution >= 0.6 is 11.6 Å². The standard InChI is InChI=1S/C17H23ClN2/c1-4-14(18)17-15(5-2)19-20(16(17)6-3)12-13-10-8-7-9-11-13/h7-11,14H,4-6,12H2,1-3H3. The van der Waals surface area contributed by atoms with Gasteiger partial charge in [0.1, 0.15) is 0 Å². The first kappa shape index (κ1) is 15.1. The quantitative estimate of drug-likeness (QED) is 0.702. The Hall–Kier alpha value is -1.28. The summed E-state index contributed by atoms with van der Waals surface area (Å²) in [6, 6.07) is 10.5. The molecule has 0 saturated heterocycles. The number of hydrogen-bond acceptors (Lipinski definition) is 1. The summed E-state index contributed by atoms with van der Waals surface area (Å²) >= 11 is 6.52. The largest absolute Gasteiger partial charge is 0.265 e. The third kappa shape index (κ3) is 3.06. The Labute approximate surface area is 126 Å². The molecule has 0 radical (unpaired) electrons. The maximum Gasteiger partial charge on any atom is 0.0671 e. The first-order chi connectivity index (χ1) is 9.71. The fourth-order valence-electron chi connectivity index (χ4n) is 2.65. The second-order valence-corrected chi connectivity index (χ2v) is 5.56. The summed E-state index contributed by atoms with van der Waals surface area (Å²) in [4.78, 5) is 0. The van der Waals surface area contributed by atoms with Crippen LogP contribution in [0.1, 0.15) is 55.1 Å². The Kier molecular flexibility index (Phi) is 5.24. The first-order valence-electron chi connectivity index (χ1n) is 7.47. The van der Waals surface area contributed by atoms with E-state index in [0.717, 1.165) is 31.5 Å². The average Bonchev–Trinajstić information content (AvgIpc) is 2.85. The number of halogens is 1. The predicted octanol–water partition coefficient (Wildman–Crippen LogP) is 4.75. The molecule has 0 spiro atoms. The minimum absolute atomic E-state index is 0.0735. The molecule has 2 rings (SSSR count). The van der Waals surface area contributed by atoms with Crippen molar-refractivity contribution in [1.82, 2.24) is 9.78 Å². The highest BCUT2D eigenvalue weighted by molar-refractivity contribution is 6.21. The van der Waals surface area contributed by atoms with Gasteiger partial charge in [0, 0.05) is 11.3 Å². The van der Waals surface area contributed by atoms with Gasteiger partial charge in [0.2, 0.25) is 0 Å². The average molecular weight is 291 g/mol. The van der Waals surface area contributed by atoms with Crippen LogP contribution in [-0.4, -0.2) is 9.78 Å². The van der Waals surface area contributed by atoms with Crippen LogP contribution in [0.4, 0.5) is 0 Å². The van der Waals surface area contributed by atoms with Gasteiger partial charge in [0.15, 0.2) is 0 Å². The molecular formula is C17H23ClN2. The van der Waals surface area contributed by atoms with Crippen molar-refractivity contribution in [3.63, 3.8) is 0 Å². The lowest BCUT2D eigenvalue weighted by Gasteiger charge is -2.11. The maximum absolute atomic E-state index is 6.52. The number of rotatable bonds is 6. The molecule has 1 aromatic heterocycles. The monoisotopic (exact) mass is 290 g/mol. The van der Waals surface area contributed by atoms with Gasteiger partial charge in [0.25, 0.3) is 0 Å². The van der Waals surface area contributed by atoms with Gasteiger partial charge in [-0.3, -0.25) is 4.68 Å². The van der Waals surface area contributed by atoms with Crippen molar-refractivity contribution < 1.29 is 0 Å². The third-order valence-corrected chi connectivity index (χ3v) is 4.22. The highest BCUT2D eigenvalue weighted by Gasteiger charge is 2.20. The molecule has 2 aromatic rings. The molecule has 0 bridgehead atoms. The number of benzene rings is 1. The zero-order chi connectivity index (χ0) is 14.5. The summed E-state index contributed by atoms with van der Waals surface area (Å²) in [5, 5.41) is 4.87. The van der Waals surface area contributed by atoms with Gasteiger partial charge in [-0.25, -0.2) is 0 Å². The fourth-order valence-corrected chi connectivity index (χ4v) is 2.90. The van der Waals surface area contributed by atoms with Crippen molar-refractivity contribution in [2.75, 3.05) is 0 Å². The summed E-state index contributed by atoms with van der Waals surface area (Å²) in [5.41, 5.74) is 4.98. The fraction of sp³-hybridized carbons (Fsp3) is 0.471. The molecule has 0 aliphatic heterocycles. The lowest BCUT2D eigenvalue weighted by molar-refractivity contribution is 0.638. The van der Waals surface area contributed by atoms with E-state index in [1.54, 1.807) is 0 Å². The van der Waals surface area contributed by atoms with E-state index >= 15 is 0 Å². The van der Waals surface area contributed by atoms with E-state index in [0.29, 0.717) is 0 Å². The molecule has 0 aliphatic rings. The molecule has 1 aromatic carbocycles. The van der Waals surface area contributed by atoms with Crippen molar-refractivity contribution >= 4 is 11.6 Å². The summed E-state index contributed by atoms with van der Waals surface area (Å²) in [5.74, 6) is 0. The minimum atomic E-state index is 0.0735. The molecule has 20 heavy (non-hydrogen) atoms. The summed E-state index contributed by atoms with van der Waals surface area (Å²) < 4.78 is 2.13. The Morgan fingerprint density at radius 1 is 1.10 bits per heavy atom. The van der Waals surface area contributed by atoms with Crippen LogP contribution in [-0.2, 0) is 19.4 Å². The van der Waals surface area contributed by atoms with Gasteiger partial charge < -0.3 is 0 Å². The predicted molar refractivity (Wildman–Crippen MR) is 85.4 cm³/mol. The van der Waals surface area contributed by atoms with Crippen LogP contribution in [0.25, 0.3) is 0 Å².